The number of hydrogen-bond donors (Lipinski definition) is 0. The molecule has 306 valence electrons. The average Bonchev–Trinajstić information content (AvgIpc) is 3.72. The van der Waals surface area contributed by atoms with Crippen LogP contribution in [-0.2, 0) is 6.42 Å². The van der Waals surface area contributed by atoms with Gasteiger partial charge in [0.15, 0.2) is 23.3 Å². The number of halogens is 1. The average molecular weight is 828 g/mol. The minimum absolute atomic E-state index is 0.314. The fourth-order valence-corrected chi connectivity index (χ4v) is 8.10. The summed E-state index contributed by atoms with van der Waals surface area (Å²) in [5.74, 6) is 2.08. The van der Waals surface area contributed by atoms with Crippen LogP contribution in [0.1, 0.15) is 40.3 Å². The van der Waals surface area contributed by atoms with E-state index in [-0.39, 0.29) is 5.82 Å². The second kappa shape index (κ2) is 17.3. The van der Waals surface area contributed by atoms with Crippen molar-refractivity contribution in [2.45, 2.75) is 20.3 Å². The maximum Gasteiger partial charge on any atom is 0.164 e. The molecule has 1 aromatic heterocycles. The highest BCUT2D eigenvalue weighted by Gasteiger charge is 2.20. The molecule has 0 aliphatic heterocycles. The topological polar surface area (TPSA) is 63.4 Å². The van der Waals surface area contributed by atoms with Crippen LogP contribution in [0, 0.1) is 12.7 Å². The predicted octanol–water partition coefficient (Wildman–Crippen LogP) is 14.2. The Morgan fingerprint density at radius 3 is 1.44 bits per heavy atom. The lowest BCUT2D eigenvalue weighted by molar-refractivity contribution is 0.628. The molecule has 0 radical (unpaired) electrons. The second-order valence-corrected chi connectivity index (χ2v) is 16.1. The van der Waals surface area contributed by atoms with Crippen molar-refractivity contribution >= 4 is 17.2 Å². The van der Waals surface area contributed by atoms with Crippen molar-refractivity contribution in [3.63, 3.8) is 0 Å². The summed E-state index contributed by atoms with van der Waals surface area (Å²) in [5.41, 5.74) is 17.6. The smallest absolute Gasteiger partial charge is 0.164 e. The number of fused-ring (bicyclic) bond motifs is 3. The summed E-state index contributed by atoms with van der Waals surface area (Å²) in [6, 6.07) is 64.9. The summed E-state index contributed by atoms with van der Waals surface area (Å²) < 4.78 is 13.9. The fraction of sp³-hybridized carbons (Fsp3) is 0.0517. The summed E-state index contributed by atoms with van der Waals surface area (Å²) in [6.07, 6.45) is 0.903. The Morgan fingerprint density at radius 2 is 0.891 bits per heavy atom. The van der Waals surface area contributed by atoms with Gasteiger partial charge in [0, 0.05) is 28.0 Å². The van der Waals surface area contributed by atoms with Gasteiger partial charge in [0.2, 0.25) is 0 Å². The first-order valence-electron chi connectivity index (χ1n) is 21.3. The van der Waals surface area contributed by atoms with Crippen LogP contribution in [0.4, 0.5) is 4.39 Å². The van der Waals surface area contributed by atoms with E-state index in [1.165, 1.54) is 39.9 Å². The zero-order valence-corrected chi connectivity index (χ0v) is 35.5. The van der Waals surface area contributed by atoms with E-state index in [9.17, 15) is 4.39 Å². The molecule has 0 spiro atoms. The van der Waals surface area contributed by atoms with Gasteiger partial charge in [0.05, 0.1) is 5.70 Å². The highest BCUT2D eigenvalue weighted by molar-refractivity contribution is 6.12. The number of benzene rings is 8. The molecule has 0 saturated heterocycles. The van der Waals surface area contributed by atoms with Crippen molar-refractivity contribution in [3.05, 3.63) is 240 Å². The van der Waals surface area contributed by atoms with E-state index in [1.807, 2.05) is 67.6 Å². The largest absolute Gasteiger partial charge is 0.233 e. The van der Waals surface area contributed by atoms with Crippen molar-refractivity contribution in [1.29, 1.82) is 0 Å². The summed E-state index contributed by atoms with van der Waals surface area (Å²) in [6.45, 7) is 8.23. The molecular formula is C58H42FN5. The van der Waals surface area contributed by atoms with Crippen LogP contribution in [0.2, 0.25) is 0 Å². The van der Waals surface area contributed by atoms with Gasteiger partial charge >= 0.3 is 0 Å². The van der Waals surface area contributed by atoms with Gasteiger partial charge < -0.3 is 0 Å². The normalized spacial score (nSPS) is 12.2. The predicted molar refractivity (Wildman–Crippen MR) is 261 cm³/mol. The quantitative estimate of drug-likeness (QED) is 0.108. The monoisotopic (exact) mass is 827 g/mol. The van der Waals surface area contributed by atoms with Crippen LogP contribution in [0.15, 0.2) is 211 Å². The van der Waals surface area contributed by atoms with Gasteiger partial charge in [-0.1, -0.05) is 170 Å². The molecule has 1 aliphatic carbocycles. The number of hydrogen-bond acceptors (Lipinski definition) is 4. The number of aromatic nitrogens is 3. The zero-order valence-electron chi connectivity index (χ0n) is 35.5. The first kappa shape index (κ1) is 39.9. The van der Waals surface area contributed by atoms with Crippen molar-refractivity contribution in [1.82, 2.24) is 15.0 Å². The molecule has 6 heteroatoms. The molecule has 0 atom stereocenters. The molecule has 1 aliphatic rings. The Morgan fingerprint density at radius 1 is 0.453 bits per heavy atom. The van der Waals surface area contributed by atoms with E-state index in [1.54, 1.807) is 12.1 Å². The molecule has 0 saturated carbocycles. The Balaban J connectivity index is 0.910. The molecule has 9 aromatic rings. The number of amidine groups is 1. The Labute approximate surface area is 372 Å². The third-order valence-corrected chi connectivity index (χ3v) is 11.7. The van der Waals surface area contributed by atoms with Crippen LogP contribution in [0.25, 0.3) is 73.2 Å². The van der Waals surface area contributed by atoms with Crippen LogP contribution >= 0.6 is 0 Å². The highest BCUT2D eigenvalue weighted by atomic mass is 19.1. The minimum Gasteiger partial charge on any atom is -0.233 e. The van der Waals surface area contributed by atoms with Crippen molar-refractivity contribution in [2.24, 2.45) is 9.98 Å². The molecule has 0 N–H and O–H groups in total. The van der Waals surface area contributed by atoms with Gasteiger partial charge in [-0.25, -0.2) is 29.3 Å². The van der Waals surface area contributed by atoms with E-state index in [2.05, 4.69) is 123 Å². The number of nitrogens with zero attached hydrogens (tertiary/aromatic N) is 5. The third-order valence-electron chi connectivity index (χ3n) is 11.7. The summed E-state index contributed by atoms with van der Waals surface area (Å²) >= 11 is 0. The minimum atomic E-state index is -0.314. The summed E-state index contributed by atoms with van der Waals surface area (Å²) in [7, 11) is 0. The van der Waals surface area contributed by atoms with Gasteiger partial charge in [-0.2, -0.15) is 0 Å². The number of rotatable bonds is 9. The molecule has 0 fully saturated rings. The lowest BCUT2D eigenvalue weighted by atomic mass is 9.95. The first-order chi connectivity index (χ1) is 31.3. The second-order valence-electron chi connectivity index (χ2n) is 16.1. The van der Waals surface area contributed by atoms with Crippen molar-refractivity contribution < 1.29 is 4.39 Å². The van der Waals surface area contributed by atoms with Crippen molar-refractivity contribution in [3.8, 4) is 67.5 Å². The Hall–Kier alpha value is -8.22. The first-order valence-corrected chi connectivity index (χ1v) is 21.3. The maximum absolute atomic E-state index is 13.9. The molecule has 5 nitrogen and oxygen atoms in total. The van der Waals surface area contributed by atoms with Gasteiger partial charge in [-0.15, -0.1) is 0 Å². The molecule has 10 rings (SSSR count). The zero-order chi connectivity index (χ0) is 43.6. The van der Waals surface area contributed by atoms with Crippen LogP contribution in [0.3, 0.4) is 0 Å². The highest BCUT2D eigenvalue weighted by Crippen LogP contribution is 2.41. The third kappa shape index (κ3) is 8.37. The van der Waals surface area contributed by atoms with Gasteiger partial charge in [-0.3, -0.25) is 0 Å². The Kier molecular flexibility index (Phi) is 10.8. The van der Waals surface area contributed by atoms with E-state index in [4.69, 9.17) is 24.9 Å². The van der Waals surface area contributed by atoms with E-state index >= 15 is 0 Å². The van der Waals surface area contributed by atoms with Gasteiger partial charge in [0.25, 0.3) is 0 Å². The lowest BCUT2D eigenvalue weighted by Crippen LogP contribution is -2.04. The number of aliphatic imine (C=N–C) groups is 2. The van der Waals surface area contributed by atoms with Crippen LogP contribution < -0.4 is 0 Å². The molecule has 1 heterocycles. The van der Waals surface area contributed by atoms with Crippen LogP contribution in [0.5, 0.6) is 0 Å². The summed E-state index contributed by atoms with van der Waals surface area (Å²) in [5, 5.41) is 0. The van der Waals surface area contributed by atoms with Gasteiger partial charge in [-0.05, 0) is 112 Å². The number of aryl methyl sites for hydroxylation is 1. The Bertz CT molecular complexity index is 3230. The molecule has 0 unspecified atom stereocenters. The molecule has 8 aromatic carbocycles. The van der Waals surface area contributed by atoms with Crippen LogP contribution in [-0.4, -0.2) is 26.5 Å². The standard InChI is InChI=1S/C58H42FN5/c1-37-14-16-45(17-15-37)57-62-56(44-12-8-5-9-13-44)63-58(64-57)46-24-22-43(23-25-46)49-27-29-51-34-50-28-26-48(35-53(50)54(51)36-49)42-20-18-41(19-21-42)39(3)61-55(47-30-32-52(59)33-31-47)60-38(2)40-10-6-4-7-11-40/h4-33,35-36H,2,34H2,1,3H3/b60-55-,61-39+. The lowest BCUT2D eigenvalue weighted by Gasteiger charge is -2.11. The molecule has 0 amide bonds. The maximum atomic E-state index is 13.9. The van der Waals surface area contributed by atoms with E-state index < -0.39 is 0 Å². The fourth-order valence-electron chi connectivity index (χ4n) is 8.10. The van der Waals surface area contributed by atoms with Gasteiger partial charge in [0.1, 0.15) is 5.82 Å². The molecule has 64 heavy (non-hydrogen) atoms. The summed E-state index contributed by atoms with van der Waals surface area (Å²) in [4.78, 5) is 24.5. The SMILES string of the molecule is C=C(/N=C(\N=C(/C)c1ccc(-c2ccc3c(c2)-c2cc(-c4ccc(-c5nc(-c6ccccc6)nc(-c6ccc(C)cc6)n5)cc4)ccc2C3)cc1)c1ccc(F)cc1)c1ccccc1. The molecule has 0 bridgehead atoms. The van der Waals surface area contributed by atoms with E-state index in [0.717, 1.165) is 62.2 Å². The van der Waals surface area contributed by atoms with E-state index in [0.29, 0.717) is 34.6 Å². The molecular weight excluding hydrogens is 786 g/mol. The van der Waals surface area contributed by atoms with Crippen molar-refractivity contribution in [2.75, 3.05) is 0 Å².